The lowest BCUT2D eigenvalue weighted by atomic mass is 10.0. The average Bonchev–Trinajstić information content (AvgIpc) is 3.33. The van der Waals surface area contributed by atoms with Crippen LogP contribution in [-0.4, -0.2) is 40.6 Å². The molecule has 7 heteroatoms. The molecule has 3 amide bonds. The second-order valence-corrected chi connectivity index (χ2v) is 8.72. The Morgan fingerprint density at radius 3 is 2.77 bits per heavy atom. The van der Waals surface area contributed by atoms with E-state index in [4.69, 9.17) is 0 Å². The quantitative estimate of drug-likeness (QED) is 0.722. The van der Waals surface area contributed by atoms with Crippen molar-refractivity contribution in [3.63, 3.8) is 0 Å². The Labute approximate surface area is 181 Å². The van der Waals surface area contributed by atoms with Gasteiger partial charge < -0.3 is 10.2 Å². The van der Waals surface area contributed by atoms with Gasteiger partial charge in [-0.15, -0.1) is 0 Å². The number of fused-ring (bicyclic) bond motifs is 2. The number of hydrogen-bond donors (Lipinski definition) is 2. The van der Waals surface area contributed by atoms with Gasteiger partial charge in [0.2, 0.25) is 11.8 Å². The van der Waals surface area contributed by atoms with Crippen molar-refractivity contribution in [3.05, 3.63) is 69.8 Å². The number of carbonyl (C=O) groups excluding carboxylic acids is 3. The molecule has 0 aromatic heterocycles. The van der Waals surface area contributed by atoms with Gasteiger partial charge in [0, 0.05) is 44.7 Å². The number of imide groups is 1. The Balaban J connectivity index is 1.28. The number of nitrogens with one attached hydrogen (secondary N) is 2. The highest BCUT2D eigenvalue weighted by Gasteiger charge is 2.39. The fourth-order valence-electron chi connectivity index (χ4n) is 4.94. The molecule has 2 aromatic rings. The third kappa shape index (κ3) is 3.75. The summed E-state index contributed by atoms with van der Waals surface area (Å²) in [7, 11) is 2.11. The second-order valence-electron chi connectivity index (χ2n) is 8.72. The molecule has 0 radical (unpaired) electrons. The minimum Gasteiger partial charge on any atom is -0.322 e. The maximum Gasteiger partial charge on any atom is 0.255 e. The molecule has 7 nitrogen and oxygen atoms in total. The van der Waals surface area contributed by atoms with Crippen molar-refractivity contribution in [1.82, 2.24) is 20.4 Å². The van der Waals surface area contributed by atoms with Gasteiger partial charge in [0.1, 0.15) is 6.04 Å². The molecule has 0 saturated carbocycles. The normalized spacial score (nSPS) is 20.3. The fraction of sp³-hybridized carbons (Fsp3) is 0.375. The number of benzene rings is 2. The van der Waals surface area contributed by atoms with E-state index in [1.807, 2.05) is 12.1 Å². The zero-order valence-corrected chi connectivity index (χ0v) is 17.6. The summed E-state index contributed by atoms with van der Waals surface area (Å²) in [6, 6.07) is 11.9. The lowest BCUT2D eigenvalue weighted by Crippen LogP contribution is -2.52. The minimum atomic E-state index is -0.572. The summed E-state index contributed by atoms with van der Waals surface area (Å²) in [5.74, 6) is -0.769. The van der Waals surface area contributed by atoms with Crippen molar-refractivity contribution in [2.45, 2.75) is 51.6 Å². The van der Waals surface area contributed by atoms with Crippen molar-refractivity contribution in [2.24, 2.45) is 0 Å². The maximum absolute atomic E-state index is 12.9. The monoisotopic (exact) mass is 418 g/mol. The summed E-state index contributed by atoms with van der Waals surface area (Å²) in [4.78, 5) is 40.4. The molecule has 160 valence electrons. The highest BCUT2D eigenvalue weighted by atomic mass is 16.2. The molecule has 0 aliphatic carbocycles. The van der Waals surface area contributed by atoms with Gasteiger partial charge in [-0.05, 0) is 47.4 Å². The SMILES string of the molecule is CN(Cc1ccc2c(c1)CN(C1CCC(=O)NC1=O)C2=O)Cc1cccc2c1CNC2. The van der Waals surface area contributed by atoms with Crippen LogP contribution in [-0.2, 0) is 42.3 Å². The van der Waals surface area contributed by atoms with E-state index in [-0.39, 0.29) is 24.1 Å². The summed E-state index contributed by atoms with van der Waals surface area (Å²) in [5.41, 5.74) is 6.90. The smallest absolute Gasteiger partial charge is 0.255 e. The van der Waals surface area contributed by atoms with Crippen LogP contribution in [0.2, 0.25) is 0 Å². The average molecular weight is 418 g/mol. The van der Waals surface area contributed by atoms with Gasteiger partial charge in [-0.3, -0.25) is 24.6 Å². The first-order chi connectivity index (χ1) is 15.0. The van der Waals surface area contributed by atoms with Crippen LogP contribution in [0.5, 0.6) is 0 Å². The standard InChI is InChI=1S/C24H26N4O3/c1-27(13-17-4-2-3-16-10-25-11-20(16)17)12-15-5-6-19-18(9-15)14-28(24(19)31)21-7-8-22(29)26-23(21)30/h2-6,9,21,25H,7-8,10-14H2,1H3,(H,26,29,30). The summed E-state index contributed by atoms with van der Waals surface area (Å²) in [6.07, 6.45) is 0.654. The molecule has 0 bridgehead atoms. The predicted octanol–water partition coefficient (Wildman–Crippen LogP) is 1.68. The molecule has 2 N–H and O–H groups in total. The Kier molecular flexibility index (Phi) is 5.08. The second kappa shape index (κ2) is 7.90. The molecule has 2 aromatic carbocycles. The topological polar surface area (TPSA) is 81.8 Å². The van der Waals surface area contributed by atoms with Crippen molar-refractivity contribution in [1.29, 1.82) is 0 Å². The van der Waals surface area contributed by atoms with E-state index in [9.17, 15) is 14.4 Å². The molecular formula is C24H26N4O3. The fourth-order valence-corrected chi connectivity index (χ4v) is 4.94. The molecule has 3 aliphatic heterocycles. The van der Waals surface area contributed by atoms with Crippen LogP contribution in [0.25, 0.3) is 0 Å². The van der Waals surface area contributed by atoms with Gasteiger partial charge in [0.15, 0.2) is 0 Å². The van der Waals surface area contributed by atoms with Gasteiger partial charge in [-0.1, -0.05) is 30.3 Å². The Bertz CT molecular complexity index is 1080. The first-order valence-electron chi connectivity index (χ1n) is 10.7. The number of amides is 3. The Morgan fingerprint density at radius 2 is 1.94 bits per heavy atom. The lowest BCUT2D eigenvalue weighted by molar-refractivity contribution is -0.136. The number of nitrogens with zero attached hydrogens (tertiary/aromatic N) is 2. The molecule has 1 saturated heterocycles. The Morgan fingerprint density at radius 1 is 1.06 bits per heavy atom. The van der Waals surface area contributed by atoms with E-state index >= 15 is 0 Å². The van der Waals surface area contributed by atoms with Crippen molar-refractivity contribution in [3.8, 4) is 0 Å². The van der Waals surface area contributed by atoms with Crippen LogP contribution in [0.4, 0.5) is 0 Å². The third-order valence-corrected chi connectivity index (χ3v) is 6.47. The highest BCUT2D eigenvalue weighted by Crippen LogP contribution is 2.29. The van der Waals surface area contributed by atoms with E-state index in [0.717, 1.165) is 37.3 Å². The summed E-state index contributed by atoms with van der Waals surface area (Å²) >= 11 is 0. The van der Waals surface area contributed by atoms with E-state index < -0.39 is 6.04 Å². The van der Waals surface area contributed by atoms with Gasteiger partial charge >= 0.3 is 0 Å². The van der Waals surface area contributed by atoms with Crippen LogP contribution in [0.15, 0.2) is 36.4 Å². The van der Waals surface area contributed by atoms with Crippen molar-refractivity contribution >= 4 is 17.7 Å². The van der Waals surface area contributed by atoms with Gasteiger partial charge in [0.05, 0.1) is 0 Å². The highest BCUT2D eigenvalue weighted by molar-refractivity contribution is 6.05. The third-order valence-electron chi connectivity index (χ3n) is 6.47. The number of hydrogen-bond acceptors (Lipinski definition) is 5. The number of carbonyl (C=O) groups is 3. The summed E-state index contributed by atoms with van der Waals surface area (Å²) < 4.78 is 0. The van der Waals surface area contributed by atoms with Gasteiger partial charge in [0.25, 0.3) is 5.91 Å². The first kappa shape index (κ1) is 19.9. The van der Waals surface area contributed by atoms with E-state index in [1.165, 1.54) is 16.7 Å². The van der Waals surface area contributed by atoms with Gasteiger partial charge in [-0.2, -0.15) is 0 Å². The first-order valence-corrected chi connectivity index (χ1v) is 10.7. The van der Waals surface area contributed by atoms with Crippen LogP contribution in [0.3, 0.4) is 0 Å². The van der Waals surface area contributed by atoms with E-state index in [1.54, 1.807) is 4.90 Å². The molecule has 1 fully saturated rings. The van der Waals surface area contributed by atoms with Crippen LogP contribution in [0.1, 0.15) is 51.0 Å². The van der Waals surface area contributed by atoms with Crippen molar-refractivity contribution in [2.75, 3.05) is 7.05 Å². The Hall–Kier alpha value is -3.03. The molecule has 1 unspecified atom stereocenters. The molecule has 3 aliphatic rings. The van der Waals surface area contributed by atoms with Gasteiger partial charge in [-0.25, -0.2) is 0 Å². The van der Waals surface area contributed by atoms with E-state index in [2.05, 4.69) is 46.8 Å². The largest absolute Gasteiger partial charge is 0.322 e. The summed E-state index contributed by atoms with van der Waals surface area (Å²) in [6.45, 7) is 3.92. The van der Waals surface area contributed by atoms with Crippen LogP contribution in [0, 0.1) is 0 Å². The molecule has 3 heterocycles. The molecular weight excluding hydrogens is 392 g/mol. The zero-order valence-electron chi connectivity index (χ0n) is 17.6. The van der Waals surface area contributed by atoms with Crippen molar-refractivity contribution < 1.29 is 14.4 Å². The number of rotatable bonds is 5. The summed E-state index contributed by atoms with van der Waals surface area (Å²) in [5, 5.41) is 5.77. The van der Waals surface area contributed by atoms with Crippen LogP contribution < -0.4 is 10.6 Å². The van der Waals surface area contributed by atoms with Crippen LogP contribution >= 0.6 is 0 Å². The lowest BCUT2D eigenvalue weighted by Gasteiger charge is -2.29. The molecule has 0 spiro atoms. The van der Waals surface area contributed by atoms with E-state index in [0.29, 0.717) is 18.5 Å². The predicted molar refractivity (Wildman–Crippen MR) is 115 cm³/mol. The molecule has 1 atom stereocenters. The minimum absolute atomic E-state index is 0.128. The number of piperidine rings is 1. The zero-order chi connectivity index (χ0) is 21.5. The molecule has 31 heavy (non-hydrogen) atoms. The molecule has 5 rings (SSSR count). The maximum atomic E-state index is 12.9.